The minimum Gasteiger partial charge on any atom is -0.465 e. The molecule has 0 bridgehead atoms. The summed E-state index contributed by atoms with van der Waals surface area (Å²) in [5.41, 5.74) is 0. The van der Waals surface area contributed by atoms with Crippen LogP contribution in [0.5, 0.6) is 0 Å². The number of nitrogens with one attached hydrogen (secondary N) is 1. The third kappa shape index (κ3) is 9.23. The number of hydrogen-bond acceptors (Lipinski definition) is 2. The van der Waals surface area contributed by atoms with Gasteiger partial charge in [0, 0.05) is 6.54 Å². The van der Waals surface area contributed by atoms with Gasteiger partial charge in [-0.2, -0.15) is 0 Å². The molecule has 0 aliphatic rings. The van der Waals surface area contributed by atoms with E-state index in [-0.39, 0.29) is 0 Å². The van der Waals surface area contributed by atoms with Crippen molar-refractivity contribution >= 4 is 6.09 Å². The number of nitrogens with zero attached hydrogens (tertiary/aromatic N) is 1. The molecule has 1 amide bonds. The molecule has 0 aliphatic heterocycles. The minimum absolute atomic E-state index is 0.559. The monoisotopic (exact) mass is 160 g/mol. The van der Waals surface area contributed by atoms with Crippen LogP contribution in [0.2, 0.25) is 0 Å². The average molecular weight is 160 g/mol. The van der Waals surface area contributed by atoms with Crippen molar-refractivity contribution in [1.82, 2.24) is 10.2 Å². The van der Waals surface area contributed by atoms with Gasteiger partial charge in [-0.05, 0) is 33.5 Å². The van der Waals surface area contributed by atoms with Gasteiger partial charge in [-0.15, -0.1) is 0 Å². The summed E-state index contributed by atoms with van der Waals surface area (Å²) in [7, 11) is 4.01. The average Bonchev–Trinajstić information content (AvgIpc) is 1.85. The molecule has 2 N–H and O–H groups in total. The van der Waals surface area contributed by atoms with Crippen molar-refractivity contribution in [3.63, 3.8) is 0 Å². The van der Waals surface area contributed by atoms with E-state index < -0.39 is 6.09 Å². The zero-order valence-electron chi connectivity index (χ0n) is 7.13. The van der Waals surface area contributed by atoms with E-state index in [0.29, 0.717) is 6.54 Å². The lowest BCUT2D eigenvalue weighted by atomic mass is 10.3. The molecule has 0 saturated heterocycles. The predicted molar refractivity (Wildman–Crippen MR) is 43.8 cm³/mol. The summed E-state index contributed by atoms with van der Waals surface area (Å²) in [6, 6.07) is 0. The maximum Gasteiger partial charge on any atom is 0.404 e. The van der Waals surface area contributed by atoms with Crippen LogP contribution in [0, 0.1) is 0 Å². The molecule has 0 unspecified atom stereocenters. The van der Waals surface area contributed by atoms with Gasteiger partial charge >= 0.3 is 6.09 Å². The van der Waals surface area contributed by atoms with Gasteiger partial charge in [-0.25, -0.2) is 4.79 Å². The normalized spacial score (nSPS) is 10.1. The number of hydrogen-bond donors (Lipinski definition) is 2. The highest BCUT2D eigenvalue weighted by Crippen LogP contribution is 1.88. The fourth-order valence-corrected chi connectivity index (χ4v) is 0.748. The van der Waals surface area contributed by atoms with Gasteiger partial charge in [0.15, 0.2) is 0 Å². The van der Waals surface area contributed by atoms with Crippen LogP contribution in [0.4, 0.5) is 4.79 Å². The van der Waals surface area contributed by atoms with E-state index in [9.17, 15) is 4.79 Å². The van der Waals surface area contributed by atoms with Gasteiger partial charge in [-0.3, -0.25) is 0 Å². The van der Waals surface area contributed by atoms with Crippen LogP contribution in [0.3, 0.4) is 0 Å². The first-order valence-electron chi connectivity index (χ1n) is 3.74. The first-order chi connectivity index (χ1) is 5.13. The van der Waals surface area contributed by atoms with E-state index in [1.165, 1.54) is 0 Å². The summed E-state index contributed by atoms with van der Waals surface area (Å²) in [5, 5.41) is 10.5. The third-order valence-electron chi connectivity index (χ3n) is 1.31. The molecule has 4 heteroatoms. The molecular weight excluding hydrogens is 144 g/mol. The Labute approximate surface area is 67.2 Å². The van der Waals surface area contributed by atoms with Crippen LogP contribution in [0.1, 0.15) is 12.8 Å². The van der Waals surface area contributed by atoms with Crippen molar-refractivity contribution in [3.05, 3.63) is 0 Å². The van der Waals surface area contributed by atoms with Crippen molar-refractivity contribution in [3.8, 4) is 0 Å². The number of rotatable bonds is 5. The Kier molecular flexibility index (Phi) is 5.56. The second-order valence-corrected chi connectivity index (χ2v) is 2.74. The van der Waals surface area contributed by atoms with Gasteiger partial charge in [0.1, 0.15) is 0 Å². The Morgan fingerprint density at radius 2 is 2.09 bits per heavy atom. The smallest absolute Gasteiger partial charge is 0.404 e. The van der Waals surface area contributed by atoms with Crippen LogP contribution in [-0.2, 0) is 0 Å². The van der Waals surface area contributed by atoms with E-state index >= 15 is 0 Å². The van der Waals surface area contributed by atoms with Gasteiger partial charge < -0.3 is 15.3 Å². The number of unbranched alkanes of at least 4 members (excludes halogenated alkanes) is 1. The van der Waals surface area contributed by atoms with E-state index in [1.54, 1.807) is 0 Å². The minimum atomic E-state index is -0.935. The summed E-state index contributed by atoms with van der Waals surface area (Å²) in [6.07, 6.45) is 1.01. The van der Waals surface area contributed by atoms with Crippen molar-refractivity contribution in [2.75, 3.05) is 27.2 Å². The van der Waals surface area contributed by atoms with Crippen LogP contribution in [0.25, 0.3) is 0 Å². The fraction of sp³-hybridized carbons (Fsp3) is 0.857. The molecule has 0 aliphatic carbocycles. The zero-order valence-corrected chi connectivity index (χ0v) is 7.13. The van der Waals surface area contributed by atoms with Crippen LogP contribution in [0.15, 0.2) is 0 Å². The van der Waals surface area contributed by atoms with Gasteiger partial charge in [0.2, 0.25) is 0 Å². The summed E-state index contributed by atoms with van der Waals surface area (Å²) in [5.74, 6) is 0. The summed E-state index contributed by atoms with van der Waals surface area (Å²) >= 11 is 0. The highest BCUT2D eigenvalue weighted by atomic mass is 16.4. The molecular formula is C7H16N2O2. The second kappa shape index (κ2) is 5.97. The standard InChI is InChI=1S/C7H16N2O2/c1-9(2)6-4-3-5-8-7(10)11/h8H,3-6H2,1-2H3,(H,10,11). The molecule has 0 radical (unpaired) electrons. The molecule has 11 heavy (non-hydrogen) atoms. The highest BCUT2D eigenvalue weighted by molar-refractivity contribution is 5.64. The molecule has 0 fully saturated rings. The number of carboxylic acid groups (broad SMARTS) is 1. The molecule has 0 heterocycles. The second-order valence-electron chi connectivity index (χ2n) is 2.74. The Hall–Kier alpha value is -0.770. The van der Waals surface area contributed by atoms with Gasteiger partial charge in [-0.1, -0.05) is 0 Å². The van der Waals surface area contributed by atoms with Crippen LogP contribution >= 0.6 is 0 Å². The quantitative estimate of drug-likeness (QED) is 0.579. The molecule has 0 aromatic rings. The van der Waals surface area contributed by atoms with E-state index in [1.807, 2.05) is 14.1 Å². The lowest BCUT2D eigenvalue weighted by Crippen LogP contribution is -2.23. The molecule has 0 saturated carbocycles. The fourth-order valence-electron chi connectivity index (χ4n) is 0.748. The molecule has 0 aromatic heterocycles. The maximum atomic E-state index is 9.97. The summed E-state index contributed by atoms with van der Waals surface area (Å²) < 4.78 is 0. The van der Waals surface area contributed by atoms with Crippen molar-refractivity contribution < 1.29 is 9.90 Å². The van der Waals surface area contributed by atoms with E-state index in [4.69, 9.17) is 5.11 Å². The topological polar surface area (TPSA) is 52.6 Å². The predicted octanol–water partition coefficient (Wildman–Crippen LogP) is 0.596. The first-order valence-corrected chi connectivity index (χ1v) is 3.74. The lowest BCUT2D eigenvalue weighted by molar-refractivity contribution is 0.194. The van der Waals surface area contributed by atoms with Gasteiger partial charge in [0.25, 0.3) is 0 Å². The van der Waals surface area contributed by atoms with Crippen LogP contribution < -0.4 is 5.32 Å². The molecule has 4 nitrogen and oxygen atoms in total. The Morgan fingerprint density at radius 1 is 1.45 bits per heavy atom. The van der Waals surface area contributed by atoms with Crippen LogP contribution in [-0.4, -0.2) is 43.3 Å². The zero-order chi connectivity index (χ0) is 8.69. The lowest BCUT2D eigenvalue weighted by Gasteiger charge is -2.08. The van der Waals surface area contributed by atoms with Gasteiger partial charge in [0.05, 0.1) is 0 Å². The van der Waals surface area contributed by atoms with E-state index in [0.717, 1.165) is 19.4 Å². The molecule has 0 aromatic carbocycles. The third-order valence-corrected chi connectivity index (χ3v) is 1.31. The first kappa shape index (κ1) is 10.2. The Balaban J connectivity index is 2.97. The Morgan fingerprint density at radius 3 is 2.55 bits per heavy atom. The molecule has 66 valence electrons. The number of carbonyl (C=O) groups is 1. The SMILES string of the molecule is CN(C)CCCCNC(=O)O. The maximum absolute atomic E-state index is 9.97. The van der Waals surface area contributed by atoms with Crippen molar-refractivity contribution in [2.45, 2.75) is 12.8 Å². The molecule has 0 atom stereocenters. The Bertz CT molecular complexity index is 115. The summed E-state index contributed by atoms with van der Waals surface area (Å²) in [4.78, 5) is 12.1. The molecule has 0 spiro atoms. The van der Waals surface area contributed by atoms with E-state index in [2.05, 4.69) is 10.2 Å². The van der Waals surface area contributed by atoms with Crippen molar-refractivity contribution in [2.24, 2.45) is 0 Å². The number of amides is 1. The van der Waals surface area contributed by atoms with Crippen molar-refractivity contribution in [1.29, 1.82) is 0 Å². The molecule has 0 rings (SSSR count). The summed E-state index contributed by atoms with van der Waals surface area (Å²) in [6.45, 7) is 1.57. The highest BCUT2D eigenvalue weighted by Gasteiger charge is 1.93. The largest absolute Gasteiger partial charge is 0.465 e.